The van der Waals surface area contributed by atoms with Gasteiger partial charge in [0.15, 0.2) is 5.82 Å². The lowest BCUT2D eigenvalue weighted by Crippen LogP contribution is -2.10. The molecule has 3 aromatic rings. The van der Waals surface area contributed by atoms with Gasteiger partial charge in [-0.05, 0) is 12.1 Å². The third kappa shape index (κ3) is 3.45. The van der Waals surface area contributed by atoms with Crippen molar-refractivity contribution in [2.45, 2.75) is 32.7 Å². The predicted molar refractivity (Wildman–Crippen MR) is 91.9 cm³/mol. The summed E-state index contributed by atoms with van der Waals surface area (Å²) in [5.74, 6) is 3.46. The predicted octanol–water partition coefficient (Wildman–Crippen LogP) is 2.76. The third-order valence-corrected chi connectivity index (χ3v) is 3.73. The Morgan fingerprint density at radius 1 is 1.21 bits per heavy atom. The van der Waals surface area contributed by atoms with Gasteiger partial charge in [0.2, 0.25) is 5.89 Å². The summed E-state index contributed by atoms with van der Waals surface area (Å²) in [6.45, 7) is 4.81. The maximum absolute atomic E-state index is 5.25. The minimum atomic E-state index is 0.247. The first-order valence-electron chi connectivity index (χ1n) is 8.02. The third-order valence-electron chi connectivity index (χ3n) is 3.73. The molecule has 0 spiro atoms. The highest BCUT2D eigenvalue weighted by Crippen LogP contribution is 2.19. The van der Waals surface area contributed by atoms with E-state index in [9.17, 15) is 0 Å². The molecule has 0 aliphatic rings. The average Bonchev–Trinajstić information content (AvgIpc) is 3.22. The van der Waals surface area contributed by atoms with Crippen molar-refractivity contribution in [2.24, 2.45) is 0 Å². The second kappa shape index (κ2) is 6.82. The molecular formula is C17H22N6O. The zero-order chi connectivity index (χ0) is 17.1. The van der Waals surface area contributed by atoms with Crippen LogP contribution in [0.15, 0.2) is 35.2 Å². The maximum Gasteiger partial charge on any atom is 0.229 e. The van der Waals surface area contributed by atoms with Gasteiger partial charge in [0.1, 0.15) is 11.6 Å². The molecular weight excluding hydrogens is 304 g/mol. The van der Waals surface area contributed by atoms with Crippen LogP contribution in [0.5, 0.6) is 0 Å². The van der Waals surface area contributed by atoms with Crippen molar-refractivity contribution < 1.29 is 4.52 Å². The van der Waals surface area contributed by atoms with Crippen LogP contribution in [0.25, 0.3) is 11.4 Å². The standard InChI is InChI=1S/C17H22N6O/c1-12(2)17-20-14(21-24-17)7-9-23-10-8-18-16(23)13-5-6-15(19-11-13)22(3)4/h5-6,8,10-12H,7,9H2,1-4H3. The summed E-state index contributed by atoms with van der Waals surface area (Å²) in [5, 5.41) is 4.03. The molecule has 0 amide bonds. The average molecular weight is 326 g/mol. The highest BCUT2D eigenvalue weighted by molar-refractivity contribution is 5.56. The van der Waals surface area contributed by atoms with Gasteiger partial charge in [-0.15, -0.1) is 0 Å². The lowest BCUT2D eigenvalue weighted by Gasteiger charge is -2.11. The highest BCUT2D eigenvalue weighted by atomic mass is 16.5. The number of nitrogens with zero attached hydrogens (tertiary/aromatic N) is 6. The minimum Gasteiger partial charge on any atom is -0.363 e. The van der Waals surface area contributed by atoms with Crippen molar-refractivity contribution in [1.82, 2.24) is 24.7 Å². The summed E-state index contributed by atoms with van der Waals surface area (Å²) >= 11 is 0. The van der Waals surface area contributed by atoms with Gasteiger partial charge in [0.05, 0.1) is 0 Å². The number of hydrogen-bond donors (Lipinski definition) is 0. The van der Waals surface area contributed by atoms with Crippen molar-refractivity contribution in [2.75, 3.05) is 19.0 Å². The lowest BCUT2D eigenvalue weighted by atomic mass is 10.2. The fourth-order valence-electron chi connectivity index (χ4n) is 2.36. The van der Waals surface area contributed by atoms with Crippen LogP contribution in [0.2, 0.25) is 0 Å². The van der Waals surface area contributed by atoms with Gasteiger partial charge < -0.3 is 14.0 Å². The molecule has 7 heteroatoms. The number of rotatable bonds is 6. The summed E-state index contributed by atoms with van der Waals surface area (Å²) in [6, 6.07) is 4.02. The molecule has 0 aromatic carbocycles. The van der Waals surface area contributed by atoms with Crippen molar-refractivity contribution in [3.63, 3.8) is 0 Å². The Bertz CT molecular complexity index is 788. The van der Waals surface area contributed by atoms with Gasteiger partial charge in [-0.25, -0.2) is 9.97 Å². The minimum absolute atomic E-state index is 0.247. The lowest BCUT2D eigenvalue weighted by molar-refractivity contribution is 0.360. The second-order valence-electron chi connectivity index (χ2n) is 6.20. The molecule has 0 unspecified atom stereocenters. The topological polar surface area (TPSA) is 72.9 Å². The summed E-state index contributed by atoms with van der Waals surface area (Å²) < 4.78 is 7.33. The molecule has 0 aliphatic carbocycles. The van der Waals surface area contributed by atoms with Crippen LogP contribution in [-0.4, -0.2) is 38.8 Å². The molecule has 3 heterocycles. The number of aromatic nitrogens is 5. The zero-order valence-electron chi connectivity index (χ0n) is 14.5. The summed E-state index contributed by atoms with van der Waals surface area (Å²) in [5.41, 5.74) is 0.988. The molecule has 0 saturated heterocycles. The Kier molecular flexibility index (Phi) is 4.59. The fourth-order valence-corrected chi connectivity index (χ4v) is 2.36. The van der Waals surface area contributed by atoms with E-state index in [0.29, 0.717) is 12.3 Å². The molecule has 7 nitrogen and oxygen atoms in total. The molecule has 0 radical (unpaired) electrons. The van der Waals surface area contributed by atoms with Gasteiger partial charge >= 0.3 is 0 Å². The first kappa shape index (κ1) is 16.2. The molecule has 3 rings (SSSR count). The summed E-state index contributed by atoms with van der Waals surface area (Å²) in [4.78, 5) is 15.3. The Balaban J connectivity index is 1.72. The Morgan fingerprint density at radius 2 is 2.04 bits per heavy atom. The molecule has 0 atom stereocenters. The Hall–Kier alpha value is -2.70. The smallest absolute Gasteiger partial charge is 0.229 e. The first-order valence-corrected chi connectivity index (χ1v) is 8.02. The van der Waals surface area contributed by atoms with Gasteiger partial charge in [-0.1, -0.05) is 19.0 Å². The quantitative estimate of drug-likeness (QED) is 0.693. The van der Waals surface area contributed by atoms with Crippen LogP contribution >= 0.6 is 0 Å². The number of anilines is 1. The van der Waals surface area contributed by atoms with E-state index in [4.69, 9.17) is 4.52 Å². The normalized spacial score (nSPS) is 11.2. The van der Waals surface area contributed by atoms with Crippen LogP contribution in [0.1, 0.15) is 31.5 Å². The number of pyridine rings is 1. The molecule has 0 bridgehead atoms. The zero-order valence-corrected chi connectivity index (χ0v) is 14.5. The summed E-state index contributed by atoms with van der Waals surface area (Å²) in [7, 11) is 3.94. The van der Waals surface area contributed by atoms with Crippen LogP contribution in [0, 0.1) is 0 Å². The molecule has 0 fully saturated rings. The van der Waals surface area contributed by atoms with Crippen LogP contribution in [0.4, 0.5) is 5.82 Å². The SMILES string of the molecule is CC(C)c1nc(CCn2ccnc2-c2ccc(N(C)C)nc2)no1. The van der Waals surface area contributed by atoms with Crippen LogP contribution in [0.3, 0.4) is 0 Å². The number of hydrogen-bond acceptors (Lipinski definition) is 6. The largest absolute Gasteiger partial charge is 0.363 e. The van der Waals surface area contributed by atoms with Gasteiger partial charge in [0.25, 0.3) is 0 Å². The van der Waals surface area contributed by atoms with E-state index < -0.39 is 0 Å². The highest BCUT2D eigenvalue weighted by Gasteiger charge is 2.12. The van der Waals surface area contributed by atoms with Gasteiger partial charge in [-0.3, -0.25) is 0 Å². The van der Waals surface area contributed by atoms with Crippen LogP contribution in [-0.2, 0) is 13.0 Å². The fraction of sp³-hybridized carbons (Fsp3) is 0.412. The molecule has 0 saturated carbocycles. The van der Waals surface area contributed by atoms with Crippen molar-refractivity contribution in [3.8, 4) is 11.4 Å². The molecule has 3 aromatic heterocycles. The van der Waals surface area contributed by atoms with E-state index in [-0.39, 0.29) is 5.92 Å². The first-order chi connectivity index (χ1) is 11.5. The van der Waals surface area contributed by atoms with Gasteiger partial charge in [0, 0.05) is 57.1 Å². The van der Waals surface area contributed by atoms with E-state index in [1.807, 2.05) is 57.4 Å². The van der Waals surface area contributed by atoms with E-state index in [1.165, 1.54) is 0 Å². The van der Waals surface area contributed by atoms with E-state index in [0.717, 1.165) is 29.6 Å². The van der Waals surface area contributed by atoms with Crippen LogP contribution < -0.4 is 4.90 Å². The summed E-state index contributed by atoms with van der Waals surface area (Å²) in [6.07, 6.45) is 6.30. The molecule has 0 N–H and O–H groups in total. The van der Waals surface area contributed by atoms with E-state index in [2.05, 4.69) is 24.7 Å². The van der Waals surface area contributed by atoms with Crippen molar-refractivity contribution in [3.05, 3.63) is 42.4 Å². The maximum atomic E-state index is 5.25. The van der Waals surface area contributed by atoms with Crippen molar-refractivity contribution >= 4 is 5.82 Å². The molecule has 0 aliphatic heterocycles. The van der Waals surface area contributed by atoms with E-state index in [1.54, 1.807) is 6.20 Å². The second-order valence-corrected chi connectivity index (χ2v) is 6.20. The Labute approximate surface area is 141 Å². The Morgan fingerprint density at radius 3 is 2.67 bits per heavy atom. The van der Waals surface area contributed by atoms with E-state index >= 15 is 0 Å². The monoisotopic (exact) mass is 326 g/mol. The number of aryl methyl sites for hydroxylation is 2. The molecule has 24 heavy (non-hydrogen) atoms. The molecule has 126 valence electrons. The van der Waals surface area contributed by atoms with Crippen molar-refractivity contribution in [1.29, 1.82) is 0 Å². The number of imidazole rings is 1. The van der Waals surface area contributed by atoms with Gasteiger partial charge in [-0.2, -0.15) is 4.98 Å².